The lowest BCUT2D eigenvalue weighted by atomic mass is 9.97. The van der Waals surface area contributed by atoms with Crippen molar-refractivity contribution in [1.29, 1.82) is 0 Å². The number of methoxy groups -OCH3 is 1. The molecule has 0 bridgehead atoms. The lowest BCUT2D eigenvalue weighted by molar-refractivity contribution is -0.149. The van der Waals surface area contributed by atoms with Crippen molar-refractivity contribution in [3.63, 3.8) is 0 Å². The Morgan fingerprint density at radius 2 is 1.88 bits per heavy atom. The average Bonchev–Trinajstić information content (AvgIpc) is 2.28. The minimum absolute atomic E-state index is 0.314. The summed E-state index contributed by atoms with van der Waals surface area (Å²) in [4.78, 5) is 11.5. The lowest BCUT2D eigenvalue weighted by Gasteiger charge is -2.20. The Balaban J connectivity index is 2.59. The van der Waals surface area contributed by atoms with Gasteiger partial charge in [0.1, 0.15) is 0 Å². The van der Waals surface area contributed by atoms with Gasteiger partial charge in [0.15, 0.2) is 0 Å². The fraction of sp³-hybridized carbons (Fsp3) is 0.462. The summed E-state index contributed by atoms with van der Waals surface area (Å²) in [6.45, 7) is 3.50. The van der Waals surface area contributed by atoms with Crippen LogP contribution in [-0.2, 0) is 26.1 Å². The third-order valence-electron chi connectivity index (χ3n) is 2.43. The summed E-state index contributed by atoms with van der Waals surface area (Å²) in [5.74, 6) is 0.467. The zero-order valence-electron chi connectivity index (χ0n) is 10.4. The molecule has 0 saturated heterocycles. The van der Waals surface area contributed by atoms with E-state index in [9.17, 15) is 9.00 Å². The van der Waals surface area contributed by atoms with Gasteiger partial charge in [-0.2, -0.15) is 0 Å². The molecule has 0 aliphatic carbocycles. The number of hydrogen-bond donors (Lipinski definition) is 0. The van der Waals surface area contributed by atoms with Crippen molar-refractivity contribution in [3.05, 3.63) is 35.9 Å². The molecular weight excluding hydrogens is 236 g/mol. The van der Waals surface area contributed by atoms with E-state index in [0.717, 1.165) is 5.56 Å². The van der Waals surface area contributed by atoms with Gasteiger partial charge in [-0.1, -0.05) is 30.3 Å². The summed E-state index contributed by atoms with van der Waals surface area (Å²) in [7, 11) is 0.288. The van der Waals surface area contributed by atoms with Crippen molar-refractivity contribution in [2.24, 2.45) is 5.41 Å². The number of carbonyl (C=O) groups is 1. The van der Waals surface area contributed by atoms with Crippen LogP contribution in [0.3, 0.4) is 0 Å². The van der Waals surface area contributed by atoms with Crippen LogP contribution in [0.25, 0.3) is 0 Å². The maximum Gasteiger partial charge on any atom is 0.312 e. The van der Waals surface area contributed by atoms with Gasteiger partial charge in [0.25, 0.3) is 0 Å². The van der Waals surface area contributed by atoms with E-state index in [0.29, 0.717) is 11.5 Å². The van der Waals surface area contributed by atoms with Crippen LogP contribution in [0, 0.1) is 5.41 Å². The summed E-state index contributed by atoms with van der Waals surface area (Å²) in [6, 6.07) is 9.62. The van der Waals surface area contributed by atoms with Crippen LogP contribution in [0.2, 0.25) is 0 Å². The quantitative estimate of drug-likeness (QED) is 0.756. The van der Waals surface area contributed by atoms with Crippen LogP contribution >= 0.6 is 0 Å². The molecule has 3 nitrogen and oxygen atoms in total. The van der Waals surface area contributed by atoms with E-state index in [1.165, 1.54) is 7.11 Å². The molecule has 1 aromatic rings. The summed E-state index contributed by atoms with van der Waals surface area (Å²) in [5.41, 5.74) is 0.320. The minimum Gasteiger partial charge on any atom is -0.469 e. The molecule has 0 amide bonds. The van der Waals surface area contributed by atoms with Crippen molar-refractivity contribution in [3.8, 4) is 0 Å². The SMILES string of the molecule is COC(=O)C(C)(C)CS(=O)Cc1ccccc1. The van der Waals surface area contributed by atoms with Crippen LogP contribution in [0.5, 0.6) is 0 Å². The molecule has 0 spiro atoms. The van der Waals surface area contributed by atoms with Crippen LogP contribution in [0.4, 0.5) is 0 Å². The third kappa shape index (κ3) is 4.30. The first-order valence-electron chi connectivity index (χ1n) is 5.43. The maximum absolute atomic E-state index is 12.0. The zero-order chi connectivity index (χ0) is 12.9. The Hall–Kier alpha value is -1.16. The second kappa shape index (κ2) is 5.96. The number of hydrogen-bond acceptors (Lipinski definition) is 3. The van der Waals surface area contributed by atoms with Crippen LogP contribution in [-0.4, -0.2) is 23.0 Å². The second-order valence-corrected chi connectivity index (χ2v) is 6.05. The van der Waals surface area contributed by atoms with E-state index in [4.69, 9.17) is 4.74 Å². The molecule has 0 fully saturated rings. The summed E-state index contributed by atoms with van der Waals surface area (Å²) in [6.07, 6.45) is 0. The van der Waals surface area contributed by atoms with Gasteiger partial charge < -0.3 is 4.74 Å². The van der Waals surface area contributed by atoms with Crippen molar-refractivity contribution in [2.45, 2.75) is 19.6 Å². The molecule has 0 aromatic heterocycles. The van der Waals surface area contributed by atoms with Gasteiger partial charge >= 0.3 is 5.97 Å². The molecule has 0 aliphatic rings. The van der Waals surface area contributed by atoms with Gasteiger partial charge in [-0.25, -0.2) is 0 Å². The van der Waals surface area contributed by atoms with E-state index in [1.807, 2.05) is 30.3 Å². The fourth-order valence-corrected chi connectivity index (χ4v) is 3.14. The molecule has 94 valence electrons. The highest BCUT2D eigenvalue weighted by Gasteiger charge is 2.30. The van der Waals surface area contributed by atoms with Crippen LogP contribution < -0.4 is 0 Å². The highest BCUT2D eigenvalue weighted by atomic mass is 32.2. The molecule has 0 N–H and O–H groups in total. The van der Waals surface area contributed by atoms with E-state index in [1.54, 1.807) is 13.8 Å². The molecule has 1 unspecified atom stereocenters. The maximum atomic E-state index is 12.0. The fourth-order valence-electron chi connectivity index (χ4n) is 1.55. The monoisotopic (exact) mass is 254 g/mol. The summed E-state index contributed by atoms with van der Waals surface area (Å²) >= 11 is 0. The molecule has 1 aromatic carbocycles. The average molecular weight is 254 g/mol. The Morgan fingerprint density at radius 3 is 2.41 bits per heavy atom. The largest absolute Gasteiger partial charge is 0.469 e. The predicted molar refractivity (Wildman–Crippen MR) is 69.0 cm³/mol. The van der Waals surface area contributed by atoms with E-state index < -0.39 is 16.2 Å². The van der Waals surface area contributed by atoms with E-state index in [2.05, 4.69) is 0 Å². The minimum atomic E-state index is -1.06. The molecule has 0 radical (unpaired) electrons. The van der Waals surface area contributed by atoms with Gasteiger partial charge in [-0.15, -0.1) is 0 Å². The highest BCUT2D eigenvalue weighted by Crippen LogP contribution is 2.20. The van der Waals surface area contributed by atoms with Gasteiger partial charge in [0.05, 0.1) is 12.5 Å². The first-order chi connectivity index (χ1) is 7.95. The van der Waals surface area contributed by atoms with Crippen molar-refractivity contribution >= 4 is 16.8 Å². The van der Waals surface area contributed by atoms with E-state index in [-0.39, 0.29) is 5.97 Å². The third-order valence-corrected chi connectivity index (χ3v) is 4.13. The molecule has 17 heavy (non-hydrogen) atoms. The molecule has 1 atom stereocenters. The standard InChI is InChI=1S/C13H18O3S/c1-13(2,12(14)16-3)10-17(15)9-11-7-5-4-6-8-11/h4-8H,9-10H2,1-3H3. The molecule has 0 heterocycles. The Labute approximate surface area is 105 Å². The Bertz CT molecular complexity index is 398. The Kier molecular flexibility index (Phi) is 4.87. The van der Waals surface area contributed by atoms with Gasteiger partial charge in [-0.3, -0.25) is 9.00 Å². The topological polar surface area (TPSA) is 43.4 Å². The van der Waals surface area contributed by atoms with Crippen LogP contribution in [0.15, 0.2) is 30.3 Å². The van der Waals surface area contributed by atoms with Crippen LogP contribution in [0.1, 0.15) is 19.4 Å². The number of benzene rings is 1. The highest BCUT2D eigenvalue weighted by molar-refractivity contribution is 7.84. The molecule has 0 aliphatic heterocycles. The van der Waals surface area contributed by atoms with Crippen molar-refractivity contribution < 1.29 is 13.7 Å². The number of carbonyl (C=O) groups excluding carboxylic acids is 1. The smallest absolute Gasteiger partial charge is 0.312 e. The molecule has 1 rings (SSSR count). The number of ether oxygens (including phenoxy) is 1. The normalized spacial score (nSPS) is 13.1. The zero-order valence-corrected chi connectivity index (χ0v) is 11.3. The van der Waals surface area contributed by atoms with E-state index >= 15 is 0 Å². The van der Waals surface area contributed by atoms with Gasteiger partial charge in [0, 0.05) is 22.3 Å². The van der Waals surface area contributed by atoms with Crippen molar-refractivity contribution in [1.82, 2.24) is 0 Å². The first kappa shape index (κ1) is 13.9. The van der Waals surface area contributed by atoms with Gasteiger partial charge in [-0.05, 0) is 19.4 Å². The molecule has 4 heteroatoms. The molecular formula is C13H18O3S. The first-order valence-corrected chi connectivity index (χ1v) is 6.92. The molecule has 0 saturated carbocycles. The second-order valence-electron chi connectivity index (χ2n) is 4.59. The summed E-state index contributed by atoms with van der Waals surface area (Å²) < 4.78 is 16.6. The van der Waals surface area contributed by atoms with Crippen molar-refractivity contribution in [2.75, 3.05) is 12.9 Å². The Morgan fingerprint density at radius 1 is 1.29 bits per heavy atom. The lowest BCUT2D eigenvalue weighted by Crippen LogP contribution is -2.31. The summed E-state index contributed by atoms with van der Waals surface area (Å²) in [5, 5.41) is 0. The van der Waals surface area contributed by atoms with Gasteiger partial charge in [0.2, 0.25) is 0 Å². The predicted octanol–water partition coefficient (Wildman–Crippen LogP) is 2.13. The number of esters is 1. The number of rotatable bonds is 5.